The summed E-state index contributed by atoms with van der Waals surface area (Å²) in [5.41, 5.74) is 2.41. The number of carbonyl (C=O) groups is 3. The summed E-state index contributed by atoms with van der Waals surface area (Å²) in [7, 11) is 1.54. The van der Waals surface area contributed by atoms with Crippen LogP contribution in [0.25, 0.3) is 6.08 Å². The summed E-state index contributed by atoms with van der Waals surface area (Å²) in [6.45, 7) is 1.54. The van der Waals surface area contributed by atoms with Crippen LogP contribution in [0.4, 0.5) is 10.5 Å². The van der Waals surface area contributed by atoms with Crippen molar-refractivity contribution in [3.8, 4) is 5.75 Å². The molecule has 7 heteroatoms. The number of ether oxygens (including phenoxy) is 1. The van der Waals surface area contributed by atoms with Crippen molar-refractivity contribution in [2.24, 2.45) is 0 Å². The van der Waals surface area contributed by atoms with Crippen LogP contribution in [-0.4, -0.2) is 36.4 Å². The molecular weight excluding hydrogens is 346 g/mol. The maximum atomic E-state index is 12.5. The Bertz CT molecular complexity index is 936. The zero-order chi connectivity index (χ0) is 19.4. The van der Waals surface area contributed by atoms with Gasteiger partial charge in [0, 0.05) is 5.69 Å². The second-order valence-corrected chi connectivity index (χ2v) is 6.07. The molecule has 27 heavy (non-hydrogen) atoms. The van der Waals surface area contributed by atoms with E-state index in [9.17, 15) is 14.4 Å². The van der Waals surface area contributed by atoms with Crippen LogP contribution in [0.15, 0.2) is 54.2 Å². The van der Waals surface area contributed by atoms with Crippen LogP contribution < -0.4 is 15.4 Å². The van der Waals surface area contributed by atoms with Gasteiger partial charge in [0.2, 0.25) is 5.91 Å². The lowest BCUT2D eigenvalue weighted by molar-refractivity contribution is -0.127. The second kappa shape index (κ2) is 7.74. The number of amides is 4. The lowest BCUT2D eigenvalue weighted by atomic mass is 10.2. The number of rotatable bonds is 5. The van der Waals surface area contributed by atoms with E-state index in [1.807, 2.05) is 19.1 Å². The third kappa shape index (κ3) is 4.33. The largest absolute Gasteiger partial charge is 0.497 e. The predicted molar refractivity (Wildman–Crippen MR) is 101 cm³/mol. The van der Waals surface area contributed by atoms with Gasteiger partial charge in [-0.05, 0) is 48.4 Å². The van der Waals surface area contributed by atoms with E-state index in [0.717, 1.165) is 10.5 Å². The Morgan fingerprint density at radius 2 is 1.96 bits per heavy atom. The van der Waals surface area contributed by atoms with Crippen LogP contribution in [0.1, 0.15) is 11.1 Å². The standard InChI is InChI=1S/C20H19N3O4/c1-13-5-3-7-15(9-13)21-18(24)12-23-19(25)17(22-20(23)26)11-14-6-4-8-16(10-14)27-2/h3-11H,12H2,1-2H3,(H,21,24)(H,22,26)/b17-11-. The SMILES string of the molecule is COc1cccc(/C=C2\NC(=O)N(CC(=O)Nc3cccc(C)c3)C2=O)c1. The Kier molecular flexibility index (Phi) is 5.21. The number of hydrogen-bond acceptors (Lipinski definition) is 4. The van der Waals surface area contributed by atoms with Gasteiger partial charge in [0.1, 0.15) is 18.0 Å². The van der Waals surface area contributed by atoms with E-state index in [1.54, 1.807) is 49.6 Å². The fourth-order valence-corrected chi connectivity index (χ4v) is 2.68. The molecule has 1 aliphatic rings. The molecule has 2 N–H and O–H groups in total. The van der Waals surface area contributed by atoms with Gasteiger partial charge >= 0.3 is 6.03 Å². The Labute approximate surface area is 156 Å². The van der Waals surface area contributed by atoms with Crippen molar-refractivity contribution in [2.45, 2.75) is 6.92 Å². The summed E-state index contributed by atoms with van der Waals surface area (Å²) in [5, 5.41) is 5.18. The first-order chi connectivity index (χ1) is 13.0. The highest BCUT2D eigenvalue weighted by Gasteiger charge is 2.34. The number of anilines is 1. The minimum atomic E-state index is -0.631. The summed E-state index contributed by atoms with van der Waals surface area (Å²) in [6.07, 6.45) is 1.54. The van der Waals surface area contributed by atoms with Gasteiger partial charge in [-0.3, -0.25) is 9.59 Å². The van der Waals surface area contributed by atoms with Gasteiger partial charge in [-0.2, -0.15) is 0 Å². The zero-order valence-electron chi connectivity index (χ0n) is 15.0. The Morgan fingerprint density at radius 1 is 1.19 bits per heavy atom. The fraction of sp³-hybridized carbons (Fsp3) is 0.150. The van der Waals surface area contributed by atoms with Crippen molar-refractivity contribution in [1.29, 1.82) is 0 Å². The number of hydrogen-bond donors (Lipinski definition) is 2. The van der Waals surface area contributed by atoms with Gasteiger partial charge in [0.05, 0.1) is 7.11 Å². The first-order valence-corrected chi connectivity index (χ1v) is 8.31. The van der Waals surface area contributed by atoms with Crippen molar-refractivity contribution >= 4 is 29.6 Å². The zero-order valence-corrected chi connectivity index (χ0v) is 15.0. The van der Waals surface area contributed by atoms with Crippen LogP contribution in [-0.2, 0) is 9.59 Å². The third-order valence-electron chi connectivity index (χ3n) is 3.97. The number of carbonyl (C=O) groups excluding carboxylic acids is 3. The Balaban J connectivity index is 1.70. The highest BCUT2D eigenvalue weighted by molar-refractivity contribution is 6.15. The molecule has 4 amide bonds. The van der Waals surface area contributed by atoms with Gasteiger partial charge in [-0.25, -0.2) is 9.69 Å². The van der Waals surface area contributed by atoms with Crippen LogP contribution in [0.3, 0.4) is 0 Å². The molecule has 2 aromatic rings. The van der Waals surface area contributed by atoms with E-state index >= 15 is 0 Å². The number of nitrogens with zero attached hydrogens (tertiary/aromatic N) is 1. The summed E-state index contributed by atoms with van der Waals surface area (Å²) in [4.78, 5) is 37.6. The van der Waals surface area contributed by atoms with Gasteiger partial charge < -0.3 is 15.4 Å². The van der Waals surface area contributed by atoms with Crippen LogP contribution in [0.5, 0.6) is 5.75 Å². The smallest absolute Gasteiger partial charge is 0.329 e. The molecular formula is C20H19N3O4. The Hall–Kier alpha value is -3.61. The molecule has 1 saturated heterocycles. The summed E-state index contributed by atoms with van der Waals surface area (Å²) < 4.78 is 5.14. The Morgan fingerprint density at radius 3 is 2.70 bits per heavy atom. The van der Waals surface area contributed by atoms with E-state index in [0.29, 0.717) is 17.0 Å². The van der Waals surface area contributed by atoms with Gasteiger partial charge in [0.25, 0.3) is 5.91 Å². The normalized spacial score (nSPS) is 15.0. The molecule has 3 rings (SSSR count). The van der Waals surface area contributed by atoms with Gasteiger partial charge in [0.15, 0.2) is 0 Å². The third-order valence-corrected chi connectivity index (χ3v) is 3.97. The summed E-state index contributed by atoms with van der Waals surface area (Å²) >= 11 is 0. The molecule has 138 valence electrons. The molecule has 0 bridgehead atoms. The maximum Gasteiger partial charge on any atom is 0.329 e. The number of urea groups is 1. The highest BCUT2D eigenvalue weighted by Crippen LogP contribution is 2.18. The van der Waals surface area contributed by atoms with E-state index < -0.39 is 17.8 Å². The molecule has 2 aromatic carbocycles. The van der Waals surface area contributed by atoms with Crippen molar-refractivity contribution in [3.63, 3.8) is 0 Å². The molecule has 0 aromatic heterocycles. The molecule has 0 spiro atoms. The van der Waals surface area contributed by atoms with E-state index in [1.165, 1.54) is 0 Å². The van der Waals surface area contributed by atoms with E-state index in [-0.39, 0.29) is 12.2 Å². The predicted octanol–water partition coefficient (Wildman–Crippen LogP) is 2.54. The van der Waals surface area contributed by atoms with E-state index in [2.05, 4.69) is 10.6 Å². The summed E-state index contributed by atoms with van der Waals surface area (Å²) in [5.74, 6) is -0.371. The molecule has 1 heterocycles. The molecule has 1 fully saturated rings. The number of methoxy groups -OCH3 is 1. The lowest BCUT2D eigenvalue weighted by Crippen LogP contribution is -2.38. The number of benzene rings is 2. The molecule has 0 saturated carbocycles. The van der Waals surface area contributed by atoms with Crippen molar-refractivity contribution in [3.05, 3.63) is 65.4 Å². The van der Waals surface area contributed by atoms with Gasteiger partial charge in [-0.15, -0.1) is 0 Å². The van der Waals surface area contributed by atoms with Crippen molar-refractivity contribution in [2.75, 3.05) is 19.0 Å². The van der Waals surface area contributed by atoms with Crippen LogP contribution >= 0.6 is 0 Å². The minimum Gasteiger partial charge on any atom is -0.497 e. The first kappa shape index (κ1) is 18.2. The number of nitrogens with one attached hydrogen (secondary N) is 2. The number of aryl methyl sites for hydroxylation is 1. The van der Waals surface area contributed by atoms with E-state index in [4.69, 9.17) is 4.74 Å². The second-order valence-electron chi connectivity index (χ2n) is 6.07. The topological polar surface area (TPSA) is 87.7 Å². The molecule has 1 aliphatic heterocycles. The van der Waals surface area contributed by atoms with Crippen LogP contribution in [0.2, 0.25) is 0 Å². The molecule has 7 nitrogen and oxygen atoms in total. The minimum absolute atomic E-state index is 0.108. The fourth-order valence-electron chi connectivity index (χ4n) is 2.68. The first-order valence-electron chi connectivity index (χ1n) is 8.31. The quantitative estimate of drug-likeness (QED) is 0.630. The maximum absolute atomic E-state index is 12.5. The monoisotopic (exact) mass is 365 g/mol. The summed E-state index contributed by atoms with van der Waals surface area (Å²) in [6, 6.07) is 13.7. The molecule has 0 atom stereocenters. The van der Waals surface area contributed by atoms with Crippen LogP contribution in [0, 0.1) is 6.92 Å². The van der Waals surface area contributed by atoms with Gasteiger partial charge in [-0.1, -0.05) is 24.3 Å². The lowest BCUT2D eigenvalue weighted by Gasteiger charge is -2.12. The average Bonchev–Trinajstić information content (AvgIpc) is 2.89. The average molecular weight is 365 g/mol. The molecule has 0 unspecified atom stereocenters. The highest BCUT2D eigenvalue weighted by atomic mass is 16.5. The van der Waals surface area contributed by atoms with Crippen molar-refractivity contribution < 1.29 is 19.1 Å². The number of imide groups is 1. The molecule has 0 radical (unpaired) electrons. The molecule has 0 aliphatic carbocycles. The van der Waals surface area contributed by atoms with Crippen molar-refractivity contribution in [1.82, 2.24) is 10.2 Å².